The van der Waals surface area contributed by atoms with E-state index in [4.69, 9.17) is 4.74 Å². The van der Waals surface area contributed by atoms with Crippen molar-refractivity contribution in [3.8, 4) is 0 Å². The van der Waals surface area contributed by atoms with E-state index in [1.807, 2.05) is 34.0 Å². The molecule has 124 valence electrons. The van der Waals surface area contributed by atoms with Gasteiger partial charge in [-0.2, -0.15) is 0 Å². The Morgan fingerprint density at radius 1 is 1.32 bits per heavy atom. The van der Waals surface area contributed by atoms with Crippen molar-refractivity contribution in [3.05, 3.63) is 34.2 Å². The molecule has 0 radical (unpaired) electrons. The van der Waals surface area contributed by atoms with Crippen molar-refractivity contribution in [1.29, 1.82) is 0 Å². The number of pyridine rings is 1. The zero-order chi connectivity index (χ0) is 16.7. The van der Waals surface area contributed by atoms with Crippen LogP contribution in [0.3, 0.4) is 0 Å². The van der Waals surface area contributed by atoms with Gasteiger partial charge in [0.1, 0.15) is 6.04 Å². The Morgan fingerprint density at radius 3 is 2.55 bits per heavy atom. The Hall–Kier alpha value is -1.62. The summed E-state index contributed by atoms with van der Waals surface area (Å²) < 4.78 is 6.68. The molecular weight excluding hydrogens is 280 g/mol. The molecule has 1 aromatic rings. The summed E-state index contributed by atoms with van der Waals surface area (Å²) in [6, 6.07) is 2.82. The summed E-state index contributed by atoms with van der Waals surface area (Å²) in [4.78, 5) is 26.5. The highest BCUT2D eigenvalue weighted by Crippen LogP contribution is 2.18. The first-order valence-corrected chi connectivity index (χ1v) is 7.87. The molecule has 5 nitrogen and oxygen atoms in total. The number of aromatic nitrogens is 1. The molecule has 1 unspecified atom stereocenters. The summed E-state index contributed by atoms with van der Waals surface area (Å²) in [6.07, 6.45) is 3.23. The lowest BCUT2D eigenvalue weighted by atomic mass is 10.0. The van der Waals surface area contributed by atoms with Crippen LogP contribution in [0.4, 0.5) is 0 Å². The molecule has 0 fully saturated rings. The van der Waals surface area contributed by atoms with Crippen molar-refractivity contribution in [2.45, 2.75) is 39.7 Å². The molecule has 0 aliphatic heterocycles. The van der Waals surface area contributed by atoms with E-state index in [1.54, 1.807) is 13.1 Å². The van der Waals surface area contributed by atoms with Crippen LogP contribution in [0.15, 0.2) is 23.1 Å². The maximum atomic E-state index is 12.2. The monoisotopic (exact) mass is 308 g/mol. The molecule has 0 aliphatic rings. The average Bonchev–Trinajstić information content (AvgIpc) is 2.44. The predicted octanol–water partition coefficient (Wildman–Crippen LogP) is 2.10. The number of hydrogen-bond donors (Lipinski definition) is 0. The van der Waals surface area contributed by atoms with Gasteiger partial charge in [-0.15, -0.1) is 0 Å². The van der Waals surface area contributed by atoms with Gasteiger partial charge in [0.25, 0.3) is 5.56 Å². The Labute approximate surface area is 132 Å². The summed E-state index contributed by atoms with van der Waals surface area (Å²) in [5.74, 6) is -0.0326. The summed E-state index contributed by atoms with van der Waals surface area (Å²) in [7, 11) is 4.02. The van der Waals surface area contributed by atoms with Gasteiger partial charge in [0, 0.05) is 18.8 Å². The van der Waals surface area contributed by atoms with Gasteiger partial charge in [-0.3, -0.25) is 4.79 Å². The van der Waals surface area contributed by atoms with Crippen LogP contribution in [0.1, 0.15) is 38.8 Å². The van der Waals surface area contributed by atoms with Crippen molar-refractivity contribution in [1.82, 2.24) is 9.47 Å². The second-order valence-corrected chi connectivity index (χ2v) is 6.23. The Balaban J connectivity index is 3.08. The third-order valence-electron chi connectivity index (χ3n) is 3.44. The van der Waals surface area contributed by atoms with E-state index in [9.17, 15) is 9.59 Å². The Bertz CT molecular complexity index is 535. The molecule has 1 aromatic heterocycles. The van der Waals surface area contributed by atoms with Crippen molar-refractivity contribution in [3.63, 3.8) is 0 Å². The van der Waals surface area contributed by atoms with Crippen LogP contribution in [-0.2, 0) is 16.0 Å². The fourth-order valence-electron chi connectivity index (χ4n) is 2.30. The summed E-state index contributed by atoms with van der Waals surface area (Å²) in [5.41, 5.74) is 0.888. The minimum Gasteiger partial charge on any atom is -0.464 e. The molecule has 1 atom stereocenters. The number of hydrogen-bond acceptors (Lipinski definition) is 4. The fourth-order valence-corrected chi connectivity index (χ4v) is 2.30. The minimum atomic E-state index is -0.549. The van der Waals surface area contributed by atoms with Crippen molar-refractivity contribution in [2.75, 3.05) is 27.2 Å². The number of carbonyl (C=O) groups is 1. The van der Waals surface area contributed by atoms with Crippen LogP contribution < -0.4 is 5.56 Å². The molecule has 0 bridgehead atoms. The lowest BCUT2D eigenvalue weighted by molar-refractivity contribution is -0.147. The number of likely N-dealkylation sites (N-methyl/N-ethyl adjacent to an activating group) is 1. The van der Waals surface area contributed by atoms with Gasteiger partial charge in [-0.05, 0) is 45.3 Å². The maximum absolute atomic E-state index is 12.2. The minimum absolute atomic E-state index is 0.160. The van der Waals surface area contributed by atoms with E-state index in [0.29, 0.717) is 18.9 Å². The summed E-state index contributed by atoms with van der Waals surface area (Å²) in [5, 5.41) is 0. The highest BCUT2D eigenvalue weighted by atomic mass is 16.5. The van der Waals surface area contributed by atoms with Gasteiger partial charge in [0.15, 0.2) is 0 Å². The van der Waals surface area contributed by atoms with Gasteiger partial charge in [0.05, 0.1) is 6.61 Å². The summed E-state index contributed by atoms with van der Waals surface area (Å²) in [6.45, 7) is 7.07. The third kappa shape index (κ3) is 5.64. The van der Waals surface area contributed by atoms with Crippen LogP contribution >= 0.6 is 0 Å². The highest BCUT2D eigenvalue weighted by molar-refractivity contribution is 5.74. The van der Waals surface area contributed by atoms with Gasteiger partial charge in [-0.1, -0.05) is 19.9 Å². The van der Waals surface area contributed by atoms with E-state index < -0.39 is 6.04 Å². The molecule has 0 N–H and O–H groups in total. The zero-order valence-electron chi connectivity index (χ0n) is 14.3. The van der Waals surface area contributed by atoms with Gasteiger partial charge < -0.3 is 14.2 Å². The van der Waals surface area contributed by atoms with Crippen LogP contribution in [-0.4, -0.2) is 42.7 Å². The molecule has 0 aromatic carbocycles. The largest absolute Gasteiger partial charge is 0.464 e. The quantitative estimate of drug-likeness (QED) is 0.690. The first-order valence-electron chi connectivity index (χ1n) is 7.87. The smallest absolute Gasteiger partial charge is 0.329 e. The number of rotatable bonds is 8. The first-order chi connectivity index (χ1) is 10.3. The molecule has 0 saturated heterocycles. The number of esters is 1. The van der Waals surface area contributed by atoms with Crippen LogP contribution in [0, 0.1) is 5.92 Å². The van der Waals surface area contributed by atoms with Crippen LogP contribution in [0.5, 0.6) is 0 Å². The molecule has 5 heteroatoms. The second kappa shape index (κ2) is 8.73. The van der Waals surface area contributed by atoms with E-state index in [-0.39, 0.29) is 11.5 Å². The molecular formula is C17H28N2O3. The van der Waals surface area contributed by atoms with Crippen molar-refractivity contribution >= 4 is 5.97 Å². The maximum Gasteiger partial charge on any atom is 0.329 e. The SMILES string of the molecule is CCOC(=O)C(CC(C)C)n1cc(CCN(C)C)ccc1=O. The van der Waals surface area contributed by atoms with E-state index in [2.05, 4.69) is 4.90 Å². The molecule has 0 saturated carbocycles. The molecule has 0 amide bonds. The van der Waals surface area contributed by atoms with E-state index >= 15 is 0 Å². The molecule has 0 spiro atoms. The average molecular weight is 308 g/mol. The van der Waals surface area contributed by atoms with Crippen LogP contribution in [0.25, 0.3) is 0 Å². The van der Waals surface area contributed by atoms with Crippen molar-refractivity contribution in [2.24, 2.45) is 5.92 Å². The Morgan fingerprint density at radius 2 is 2.00 bits per heavy atom. The molecule has 1 rings (SSSR count). The highest BCUT2D eigenvalue weighted by Gasteiger charge is 2.24. The number of ether oxygens (including phenoxy) is 1. The number of carbonyl (C=O) groups excluding carboxylic acids is 1. The normalized spacial score (nSPS) is 12.7. The molecule has 22 heavy (non-hydrogen) atoms. The molecule has 0 aliphatic carbocycles. The Kier molecular flexibility index (Phi) is 7.32. The van der Waals surface area contributed by atoms with Crippen molar-refractivity contribution < 1.29 is 9.53 Å². The zero-order valence-corrected chi connectivity index (χ0v) is 14.3. The third-order valence-corrected chi connectivity index (χ3v) is 3.44. The second-order valence-electron chi connectivity index (χ2n) is 6.23. The van der Waals surface area contributed by atoms with E-state index in [1.165, 1.54) is 10.6 Å². The lowest BCUT2D eigenvalue weighted by Gasteiger charge is -2.21. The van der Waals surface area contributed by atoms with Crippen LogP contribution in [0.2, 0.25) is 0 Å². The standard InChI is InChI=1S/C17H28N2O3/c1-6-22-17(21)15(11-13(2)3)19-12-14(7-8-16(19)20)9-10-18(4)5/h7-8,12-13,15H,6,9-11H2,1-5H3. The van der Waals surface area contributed by atoms with E-state index in [0.717, 1.165) is 18.5 Å². The fraction of sp³-hybridized carbons (Fsp3) is 0.647. The van der Waals surface area contributed by atoms with Gasteiger partial charge >= 0.3 is 5.97 Å². The van der Waals surface area contributed by atoms with Gasteiger partial charge in [0.2, 0.25) is 0 Å². The topological polar surface area (TPSA) is 51.5 Å². The number of nitrogens with zero attached hydrogens (tertiary/aromatic N) is 2. The molecule has 1 heterocycles. The predicted molar refractivity (Wildman–Crippen MR) is 88.1 cm³/mol. The first kappa shape index (κ1) is 18.4. The summed E-state index contributed by atoms with van der Waals surface area (Å²) >= 11 is 0. The lowest BCUT2D eigenvalue weighted by Crippen LogP contribution is -2.32. The van der Waals surface area contributed by atoms with Gasteiger partial charge in [-0.25, -0.2) is 4.79 Å².